The summed E-state index contributed by atoms with van der Waals surface area (Å²) in [4.78, 5) is 21.5. The number of rotatable bonds is 4. The molecule has 0 saturated heterocycles. The van der Waals surface area contributed by atoms with Crippen LogP contribution >= 0.6 is 11.3 Å². The Bertz CT molecular complexity index is 1090. The average Bonchev–Trinajstić information content (AvgIpc) is 3.33. The van der Waals surface area contributed by atoms with Crippen molar-refractivity contribution in [3.63, 3.8) is 0 Å². The van der Waals surface area contributed by atoms with Crippen LogP contribution in [0.1, 0.15) is 34.8 Å². The van der Waals surface area contributed by atoms with E-state index in [9.17, 15) is 13.2 Å². The molecule has 3 aromatic rings. The van der Waals surface area contributed by atoms with Crippen LogP contribution in [0, 0.1) is 0 Å². The Hall–Kier alpha value is -2.32. The highest BCUT2D eigenvalue weighted by atomic mass is 32.2. The number of nitrogens with one attached hydrogen (secondary N) is 1. The van der Waals surface area contributed by atoms with E-state index >= 15 is 0 Å². The van der Waals surface area contributed by atoms with Gasteiger partial charge in [-0.2, -0.15) is 0 Å². The molecule has 0 aliphatic heterocycles. The molecule has 2 aromatic heterocycles. The number of amides is 1. The molecule has 4 rings (SSSR count). The molecule has 2 heterocycles. The Morgan fingerprint density at radius 3 is 2.80 bits per heavy atom. The van der Waals surface area contributed by atoms with Crippen LogP contribution in [0.2, 0.25) is 0 Å². The highest BCUT2D eigenvalue weighted by Gasteiger charge is 2.29. The molecule has 0 unspecified atom stereocenters. The number of anilines is 1. The van der Waals surface area contributed by atoms with Crippen molar-refractivity contribution in [2.75, 3.05) is 11.6 Å². The predicted octanol–water partition coefficient (Wildman–Crippen LogP) is 3.22. The molecular formula is C17H15N3O3S2. The summed E-state index contributed by atoms with van der Waals surface area (Å²) < 4.78 is 24.0. The number of carbonyl (C=O) groups is 1. The van der Waals surface area contributed by atoms with E-state index in [4.69, 9.17) is 0 Å². The van der Waals surface area contributed by atoms with E-state index < -0.39 is 9.84 Å². The van der Waals surface area contributed by atoms with Crippen LogP contribution in [-0.4, -0.2) is 30.5 Å². The van der Waals surface area contributed by atoms with Crippen LogP contribution in [0.25, 0.3) is 10.2 Å². The number of hydrogen-bond acceptors (Lipinski definition) is 6. The molecule has 1 amide bonds. The topological polar surface area (TPSA) is 89.0 Å². The fraction of sp³-hybridized carbons (Fsp3) is 0.235. The molecule has 0 radical (unpaired) electrons. The first kappa shape index (κ1) is 16.2. The quantitative estimate of drug-likeness (QED) is 0.758. The molecule has 128 valence electrons. The van der Waals surface area contributed by atoms with Crippen LogP contribution in [0.3, 0.4) is 0 Å². The third kappa shape index (κ3) is 3.27. The van der Waals surface area contributed by atoms with Crippen molar-refractivity contribution in [2.45, 2.75) is 23.7 Å². The van der Waals surface area contributed by atoms with Gasteiger partial charge in [0.2, 0.25) is 0 Å². The molecule has 0 spiro atoms. The number of hydrogen-bond donors (Lipinski definition) is 1. The molecule has 1 saturated carbocycles. The first-order valence-corrected chi connectivity index (χ1v) is 10.5. The summed E-state index contributed by atoms with van der Waals surface area (Å²) in [6.45, 7) is 0. The Morgan fingerprint density at radius 1 is 1.28 bits per heavy atom. The van der Waals surface area contributed by atoms with E-state index in [0.29, 0.717) is 26.8 Å². The van der Waals surface area contributed by atoms with Gasteiger partial charge in [-0.25, -0.2) is 13.4 Å². The fourth-order valence-electron chi connectivity index (χ4n) is 2.65. The normalized spacial score (nSPS) is 14.6. The summed E-state index contributed by atoms with van der Waals surface area (Å²) in [7, 11) is -3.28. The lowest BCUT2D eigenvalue weighted by molar-refractivity contribution is 0.102. The maximum atomic E-state index is 12.6. The first-order valence-electron chi connectivity index (χ1n) is 7.79. The number of nitrogens with zero attached hydrogens (tertiary/aromatic N) is 2. The number of pyridine rings is 1. The summed E-state index contributed by atoms with van der Waals surface area (Å²) in [5.41, 5.74) is 2.06. The predicted molar refractivity (Wildman–Crippen MR) is 96.9 cm³/mol. The molecule has 6 nitrogen and oxygen atoms in total. The van der Waals surface area contributed by atoms with Crippen molar-refractivity contribution in [3.8, 4) is 0 Å². The molecule has 0 bridgehead atoms. The molecule has 1 aromatic carbocycles. The second-order valence-corrected chi connectivity index (χ2v) is 9.13. The van der Waals surface area contributed by atoms with Gasteiger partial charge in [0.15, 0.2) is 15.0 Å². The van der Waals surface area contributed by atoms with E-state index in [0.717, 1.165) is 18.5 Å². The smallest absolute Gasteiger partial charge is 0.259 e. The first-order chi connectivity index (χ1) is 11.9. The van der Waals surface area contributed by atoms with Crippen LogP contribution in [0.15, 0.2) is 41.4 Å². The number of benzene rings is 1. The van der Waals surface area contributed by atoms with Gasteiger partial charge in [-0.3, -0.25) is 15.1 Å². The minimum atomic E-state index is -3.28. The van der Waals surface area contributed by atoms with Crippen molar-refractivity contribution in [1.29, 1.82) is 0 Å². The molecule has 1 aliphatic rings. The molecule has 8 heteroatoms. The van der Waals surface area contributed by atoms with Gasteiger partial charge in [-0.1, -0.05) is 11.3 Å². The number of carbonyl (C=O) groups excluding carboxylic acids is 1. The van der Waals surface area contributed by atoms with Gasteiger partial charge in [0.05, 0.1) is 26.4 Å². The lowest BCUT2D eigenvalue weighted by atomic mass is 10.1. The molecule has 1 N–H and O–H groups in total. The highest BCUT2D eigenvalue weighted by Crippen LogP contribution is 2.40. The maximum Gasteiger partial charge on any atom is 0.259 e. The van der Waals surface area contributed by atoms with Gasteiger partial charge in [0.1, 0.15) is 0 Å². The highest BCUT2D eigenvalue weighted by molar-refractivity contribution is 7.90. The van der Waals surface area contributed by atoms with Crippen LogP contribution in [0.5, 0.6) is 0 Å². The van der Waals surface area contributed by atoms with Crippen molar-refractivity contribution in [2.24, 2.45) is 0 Å². The van der Waals surface area contributed by atoms with Gasteiger partial charge in [0, 0.05) is 18.4 Å². The summed E-state index contributed by atoms with van der Waals surface area (Å²) in [6, 6.07) is 8.27. The zero-order valence-corrected chi connectivity index (χ0v) is 15.0. The van der Waals surface area contributed by atoms with Crippen LogP contribution < -0.4 is 5.32 Å². The second kappa shape index (κ2) is 5.89. The van der Waals surface area contributed by atoms with Gasteiger partial charge < -0.3 is 0 Å². The Kier molecular flexibility index (Phi) is 3.81. The maximum absolute atomic E-state index is 12.6. The third-order valence-electron chi connectivity index (χ3n) is 4.06. The number of aromatic nitrogens is 2. The average molecular weight is 373 g/mol. The molecule has 0 atom stereocenters. The number of thiazole rings is 1. The minimum absolute atomic E-state index is 0.239. The molecule has 1 aliphatic carbocycles. The fourth-order valence-corrected chi connectivity index (χ4v) is 4.27. The van der Waals surface area contributed by atoms with Gasteiger partial charge >= 0.3 is 0 Å². The number of sulfone groups is 1. The van der Waals surface area contributed by atoms with Crippen molar-refractivity contribution >= 4 is 42.4 Å². The van der Waals surface area contributed by atoms with E-state index in [1.165, 1.54) is 23.7 Å². The van der Waals surface area contributed by atoms with Crippen molar-refractivity contribution in [1.82, 2.24) is 9.97 Å². The molecular weight excluding hydrogens is 358 g/mol. The van der Waals surface area contributed by atoms with E-state index in [-0.39, 0.29) is 10.8 Å². The van der Waals surface area contributed by atoms with E-state index in [2.05, 4.69) is 15.3 Å². The lowest BCUT2D eigenvalue weighted by Gasteiger charge is -2.06. The van der Waals surface area contributed by atoms with E-state index in [1.807, 2.05) is 0 Å². The third-order valence-corrected chi connectivity index (χ3v) is 6.10. The Balaban J connectivity index is 1.63. The van der Waals surface area contributed by atoms with Crippen molar-refractivity contribution < 1.29 is 13.2 Å². The van der Waals surface area contributed by atoms with Gasteiger partial charge in [-0.05, 0) is 43.2 Å². The summed E-state index contributed by atoms with van der Waals surface area (Å²) in [6.07, 6.45) is 4.99. The zero-order valence-electron chi connectivity index (χ0n) is 13.4. The van der Waals surface area contributed by atoms with Gasteiger partial charge in [0.25, 0.3) is 5.91 Å². The Morgan fingerprint density at radius 2 is 2.08 bits per heavy atom. The monoisotopic (exact) mass is 373 g/mol. The zero-order chi connectivity index (χ0) is 17.6. The van der Waals surface area contributed by atoms with Crippen LogP contribution in [-0.2, 0) is 9.84 Å². The second-order valence-electron chi connectivity index (χ2n) is 6.09. The molecule has 1 fully saturated rings. The summed E-state index contributed by atoms with van der Waals surface area (Å²) in [5.74, 6) is 0.132. The molecule has 25 heavy (non-hydrogen) atoms. The lowest BCUT2D eigenvalue weighted by Crippen LogP contribution is -2.14. The van der Waals surface area contributed by atoms with Crippen LogP contribution in [0.4, 0.5) is 5.13 Å². The standard InChI is InChI=1S/C17H15N3O3S2/c1-25(22,23)11-6-7-13-14(9-11)24-17(19-13)20-16(21)12-3-2-8-18-15(12)10-4-5-10/h2-3,6-10H,4-5H2,1H3,(H,19,20,21). The summed E-state index contributed by atoms with van der Waals surface area (Å²) in [5, 5.41) is 3.25. The number of fused-ring (bicyclic) bond motifs is 1. The van der Waals surface area contributed by atoms with Crippen molar-refractivity contribution in [3.05, 3.63) is 47.8 Å². The SMILES string of the molecule is CS(=O)(=O)c1ccc2nc(NC(=O)c3cccnc3C3CC3)sc2c1. The minimum Gasteiger partial charge on any atom is -0.298 e. The van der Waals surface area contributed by atoms with Gasteiger partial charge in [-0.15, -0.1) is 0 Å². The van der Waals surface area contributed by atoms with E-state index in [1.54, 1.807) is 30.5 Å². The summed E-state index contributed by atoms with van der Waals surface area (Å²) >= 11 is 1.25. The Labute approximate surface area is 148 Å². The largest absolute Gasteiger partial charge is 0.298 e.